The quantitative estimate of drug-likeness (QED) is 0.859. The van der Waals surface area contributed by atoms with Crippen LogP contribution < -0.4 is 5.73 Å². The molecule has 2 nitrogen and oxygen atoms in total. The van der Waals surface area contributed by atoms with Gasteiger partial charge in [-0.1, -0.05) is 30.3 Å². The lowest BCUT2D eigenvalue weighted by atomic mass is 10.1. The van der Waals surface area contributed by atoms with E-state index in [2.05, 4.69) is 61.7 Å². The van der Waals surface area contributed by atoms with Crippen LogP contribution in [0.4, 0.5) is 0 Å². The fraction of sp³-hybridized carbons (Fsp3) is 0.333. The molecule has 2 heteroatoms. The number of hydrogen-bond donors (Lipinski definition) is 1. The van der Waals surface area contributed by atoms with Crippen molar-refractivity contribution < 1.29 is 0 Å². The molecule has 0 saturated carbocycles. The van der Waals surface area contributed by atoms with Gasteiger partial charge < -0.3 is 10.3 Å². The summed E-state index contributed by atoms with van der Waals surface area (Å²) in [5, 5.41) is 0. The first kappa shape index (κ1) is 11.9. The molecule has 0 amide bonds. The zero-order chi connectivity index (χ0) is 12.4. The fourth-order valence-corrected chi connectivity index (χ4v) is 2.53. The number of nitrogens with zero attached hydrogens (tertiary/aromatic N) is 1. The van der Waals surface area contributed by atoms with Gasteiger partial charge in [0.2, 0.25) is 0 Å². The molecule has 0 aliphatic rings. The Bertz CT molecular complexity index is 497. The zero-order valence-corrected chi connectivity index (χ0v) is 10.8. The van der Waals surface area contributed by atoms with Crippen molar-refractivity contribution in [1.29, 1.82) is 0 Å². The minimum atomic E-state index is 0.358. The van der Waals surface area contributed by atoms with E-state index >= 15 is 0 Å². The summed E-state index contributed by atoms with van der Waals surface area (Å²) in [4.78, 5) is 0. The van der Waals surface area contributed by atoms with Crippen LogP contribution in [0, 0.1) is 13.8 Å². The summed E-state index contributed by atoms with van der Waals surface area (Å²) in [6, 6.07) is 13.1. The van der Waals surface area contributed by atoms with Crippen LogP contribution in [-0.4, -0.2) is 4.57 Å². The highest BCUT2D eigenvalue weighted by Crippen LogP contribution is 2.25. The van der Waals surface area contributed by atoms with E-state index in [0.717, 1.165) is 0 Å². The molecule has 1 heterocycles. The van der Waals surface area contributed by atoms with E-state index in [1.165, 1.54) is 22.5 Å². The molecule has 0 fully saturated rings. The Morgan fingerprint density at radius 1 is 1.18 bits per heavy atom. The molecule has 0 aliphatic carbocycles. The Morgan fingerprint density at radius 3 is 2.35 bits per heavy atom. The molecule has 0 radical (unpaired) electrons. The first-order chi connectivity index (χ1) is 8.15. The van der Waals surface area contributed by atoms with Crippen molar-refractivity contribution >= 4 is 0 Å². The maximum absolute atomic E-state index is 5.76. The number of rotatable bonds is 3. The van der Waals surface area contributed by atoms with Crippen molar-refractivity contribution in [3.05, 3.63) is 58.9 Å². The third kappa shape index (κ3) is 2.13. The number of hydrogen-bond acceptors (Lipinski definition) is 1. The Hall–Kier alpha value is -1.54. The summed E-state index contributed by atoms with van der Waals surface area (Å²) in [7, 11) is 0. The number of aromatic nitrogens is 1. The van der Waals surface area contributed by atoms with Crippen LogP contribution in [0.25, 0.3) is 0 Å². The smallest absolute Gasteiger partial charge is 0.0556 e. The van der Waals surface area contributed by atoms with Crippen molar-refractivity contribution in [1.82, 2.24) is 4.57 Å². The Labute approximate surface area is 103 Å². The van der Waals surface area contributed by atoms with E-state index < -0.39 is 0 Å². The van der Waals surface area contributed by atoms with Gasteiger partial charge in [0.05, 0.1) is 6.04 Å². The third-order valence-corrected chi connectivity index (χ3v) is 3.48. The van der Waals surface area contributed by atoms with Gasteiger partial charge in [-0.15, -0.1) is 0 Å². The molecule has 1 atom stereocenters. The number of benzene rings is 1. The molecule has 1 aromatic carbocycles. The van der Waals surface area contributed by atoms with Crippen LogP contribution in [0.1, 0.15) is 35.5 Å². The molecule has 0 unspecified atom stereocenters. The summed E-state index contributed by atoms with van der Waals surface area (Å²) in [5.74, 6) is 0. The topological polar surface area (TPSA) is 30.9 Å². The predicted octanol–water partition coefficient (Wildman–Crippen LogP) is 3.17. The van der Waals surface area contributed by atoms with E-state index in [1.54, 1.807) is 0 Å². The van der Waals surface area contributed by atoms with Gasteiger partial charge in [0.1, 0.15) is 0 Å². The third-order valence-electron chi connectivity index (χ3n) is 3.48. The average molecular weight is 228 g/mol. The van der Waals surface area contributed by atoms with Gasteiger partial charge >= 0.3 is 0 Å². The minimum Gasteiger partial charge on any atom is -0.342 e. The van der Waals surface area contributed by atoms with Gasteiger partial charge in [-0.3, -0.25) is 0 Å². The zero-order valence-electron chi connectivity index (χ0n) is 10.8. The maximum atomic E-state index is 5.76. The van der Waals surface area contributed by atoms with E-state index in [4.69, 9.17) is 5.73 Å². The first-order valence-corrected chi connectivity index (χ1v) is 6.07. The summed E-state index contributed by atoms with van der Waals surface area (Å²) < 4.78 is 2.36. The van der Waals surface area contributed by atoms with Crippen molar-refractivity contribution in [2.24, 2.45) is 5.73 Å². The second-order valence-electron chi connectivity index (χ2n) is 4.56. The predicted molar refractivity (Wildman–Crippen MR) is 72.1 cm³/mol. The second kappa shape index (κ2) is 4.76. The largest absolute Gasteiger partial charge is 0.342 e. The van der Waals surface area contributed by atoms with E-state index in [-0.39, 0.29) is 0 Å². The molecule has 0 saturated heterocycles. The Balaban J connectivity index is 2.44. The van der Waals surface area contributed by atoms with Crippen molar-refractivity contribution in [2.45, 2.75) is 33.4 Å². The van der Waals surface area contributed by atoms with Gasteiger partial charge in [0.15, 0.2) is 0 Å². The molecule has 0 bridgehead atoms. The summed E-state index contributed by atoms with van der Waals surface area (Å²) >= 11 is 0. The normalized spacial score (nSPS) is 12.7. The maximum Gasteiger partial charge on any atom is 0.0556 e. The SMILES string of the molecule is Cc1cc(CN)c(C)n1[C@H](C)c1ccccc1. The van der Waals surface area contributed by atoms with Gasteiger partial charge in [0, 0.05) is 17.9 Å². The first-order valence-electron chi connectivity index (χ1n) is 6.07. The number of nitrogens with two attached hydrogens (primary N) is 1. The van der Waals surface area contributed by atoms with Crippen LogP contribution >= 0.6 is 0 Å². The van der Waals surface area contributed by atoms with E-state index in [0.29, 0.717) is 12.6 Å². The molecular formula is C15H20N2. The van der Waals surface area contributed by atoms with Crippen molar-refractivity contribution in [3.63, 3.8) is 0 Å². The molecule has 0 aliphatic heterocycles. The highest BCUT2D eigenvalue weighted by molar-refractivity contribution is 5.30. The lowest BCUT2D eigenvalue weighted by molar-refractivity contribution is 0.608. The van der Waals surface area contributed by atoms with Crippen LogP contribution in [-0.2, 0) is 6.54 Å². The molecule has 2 rings (SSSR count). The highest BCUT2D eigenvalue weighted by atomic mass is 15.0. The molecule has 17 heavy (non-hydrogen) atoms. The minimum absolute atomic E-state index is 0.358. The van der Waals surface area contributed by atoms with Crippen LogP contribution in [0.15, 0.2) is 36.4 Å². The van der Waals surface area contributed by atoms with Gasteiger partial charge in [-0.25, -0.2) is 0 Å². The standard InChI is InChI=1S/C15H20N2/c1-11-9-15(10-16)13(3)17(11)12(2)14-7-5-4-6-8-14/h4-9,12H,10,16H2,1-3H3/t12-/m1/s1. The van der Waals surface area contributed by atoms with Crippen LogP contribution in [0.3, 0.4) is 0 Å². The van der Waals surface area contributed by atoms with Gasteiger partial charge in [0.25, 0.3) is 0 Å². The second-order valence-corrected chi connectivity index (χ2v) is 4.56. The monoisotopic (exact) mass is 228 g/mol. The van der Waals surface area contributed by atoms with Crippen LogP contribution in [0.5, 0.6) is 0 Å². The molecule has 90 valence electrons. The molecule has 2 N–H and O–H groups in total. The average Bonchev–Trinajstić information content (AvgIpc) is 2.64. The van der Waals surface area contributed by atoms with E-state index in [9.17, 15) is 0 Å². The molecule has 2 aromatic rings. The van der Waals surface area contributed by atoms with Crippen molar-refractivity contribution in [2.75, 3.05) is 0 Å². The van der Waals surface area contributed by atoms with Gasteiger partial charge in [-0.05, 0) is 38.0 Å². The summed E-state index contributed by atoms with van der Waals surface area (Å²) in [6.45, 7) is 7.14. The molecule has 0 spiro atoms. The molecule has 1 aromatic heterocycles. The highest BCUT2D eigenvalue weighted by Gasteiger charge is 2.14. The summed E-state index contributed by atoms with van der Waals surface area (Å²) in [5.41, 5.74) is 10.9. The molecular weight excluding hydrogens is 208 g/mol. The Kier molecular flexibility index (Phi) is 3.34. The lowest BCUT2D eigenvalue weighted by Gasteiger charge is -2.19. The number of aryl methyl sites for hydroxylation is 1. The summed E-state index contributed by atoms with van der Waals surface area (Å²) in [6.07, 6.45) is 0. The van der Waals surface area contributed by atoms with Gasteiger partial charge in [-0.2, -0.15) is 0 Å². The fourth-order valence-electron chi connectivity index (χ4n) is 2.53. The lowest BCUT2D eigenvalue weighted by Crippen LogP contribution is -2.10. The van der Waals surface area contributed by atoms with Crippen LogP contribution in [0.2, 0.25) is 0 Å². The van der Waals surface area contributed by atoms with Crippen molar-refractivity contribution in [3.8, 4) is 0 Å². The van der Waals surface area contributed by atoms with E-state index in [1.807, 2.05) is 0 Å². The Morgan fingerprint density at radius 2 is 1.82 bits per heavy atom.